The van der Waals surface area contributed by atoms with Crippen LogP contribution in [0.5, 0.6) is 5.88 Å². The first kappa shape index (κ1) is 14.0. The van der Waals surface area contributed by atoms with Crippen molar-refractivity contribution in [2.24, 2.45) is 5.92 Å². The van der Waals surface area contributed by atoms with Crippen molar-refractivity contribution in [3.05, 3.63) is 30.7 Å². The average Bonchev–Trinajstić information content (AvgIpc) is 2.56. The zero-order valence-electron chi connectivity index (χ0n) is 12.1. The molecular formula is C16H21N3O2. The van der Waals surface area contributed by atoms with Crippen LogP contribution in [0.4, 0.5) is 0 Å². The van der Waals surface area contributed by atoms with Crippen LogP contribution >= 0.6 is 0 Å². The number of allylic oxidation sites excluding steroid dienone is 2. The Kier molecular flexibility index (Phi) is 4.48. The van der Waals surface area contributed by atoms with Gasteiger partial charge in [-0.3, -0.25) is 9.78 Å². The second kappa shape index (κ2) is 6.70. The molecule has 1 aromatic rings. The standard InChI is InChI=1S/C16H21N3O2/c20-16(13-5-2-1-3-6-13)19-10-4-7-14(12-19)21-15-11-17-8-9-18-15/h1-2,8-9,11,13-14H,3-7,10,12H2. The maximum absolute atomic E-state index is 12.6. The number of hydrogen-bond acceptors (Lipinski definition) is 4. The second-order valence-electron chi connectivity index (χ2n) is 5.69. The van der Waals surface area contributed by atoms with E-state index >= 15 is 0 Å². The van der Waals surface area contributed by atoms with Crippen molar-refractivity contribution in [1.29, 1.82) is 0 Å². The minimum Gasteiger partial charge on any atom is -0.471 e. The number of carbonyl (C=O) groups is 1. The lowest BCUT2D eigenvalue weighted by Crippen LogP contribution is -2.46. The maximum Gasteiger partial charge on any atom is 0.232 e. The van der Waals surface area contributed by atoms with Crippen LogP contribution in [-0.4, -0.2) is 40.0 Å². The van der Waals surface area contributed by atoms with Crippen molar-refractivity contribution >= 4 is 5.91 Å². The second-order valence-corrected chi connectivity index (χ2v) is 5.69. The minimum atomic E-state index is 0.0264. The highest BCUT2D eigenvalue weighted by molar-refractivity contribution is 5.79. The van der Waals surface area contributed by atoms with E-state index in [0.717, 1.165) is 38.6 Å². The lowest BCUT2D eigenvalue weighted by atomic mass is 9.92. The van der Waals surface area contributed by atoms with Crippen LogP contribution in [0.3, 0.4) is 0 Å². The summed E-state index contributed by atoms with van der Waals surface area (Å²) in [6.07, 6.45) is 14.0. The van der Waals surface area contributed by atoms with E-state index in [4.69, 9.17) is 4.74 Å². The van der Waals surface area contributed by atoms with Gasteiger partial charge in [0.05, 0.1) is 12.7 Å². The Labute approximate surface area is 125 Å². The van der Waals surface area contributed by atoms with E-state index in [1.807, 2.05) is 4.90 Å². The van der Waals surface area contributed by atoms with Crippen LogP contribution < -0.4 is 4.74 Å². The summed E-state index contributed by atoms with van der Waals surface area (Å²) < 4.78 is 5.84. The van der Waals surface area contributed by atoms with Gasteiger partial charge in [-0.25, -0.2) is 4.98 Å². The molecule has 2 heterocycles. The summed E-state index contributed by atoms with van der Waals surface area (Å²) in [4.78, 5) is 22.7. The first-order valence-corrected chi connectivity index (χ1v) is 7.69. The van der Waals surface area contributed by atoms with Gasteiger partial charge in [0.25, 0.3) is 0 Å². The molecule has 5 heteroatoms. The zero-order valence-corrected chi connectivity index (χ0v) is 12.1. The van der Waals surface area contributed by atoms with E-state index in [2.05, 4.69) is 22.1 Å². The predicted molar refractivity (Wildman–Crippen MR) is 78.7 cm³/mol. The van der Waals surface area contributed by atoms with Crippen LogP contribution in [0.1, 0.15) is 32.1 Å². The molecule has 5 nitrogen and oxygen atoms in total. The monoisotopic (exact) mass is 287 g/mol. The number of carbonyl (C=O) groups excluding carboxylic acids is 1. The van der Waals surface area contributed by atoms with E-state index in [1.165, 1.54) is 0 Å². The zero-order chi connectivity index (χ0) is 14.5. The number of nitrogens with zero attached hydrogens (tertiary/aromatic N) is 3. The third-order valence-electron chi connectivity index (χ3n) is 4.14. The number of rotatable bonds is 3. The molecule has 1 saturated heterocycles. The Hall–Kier alpha value is -1.91. The van der Waals surface area contributed by atoms with Gasteiger partial charge >= 0.3 is 0 Å². The number of ether oxygens (including phenoxy) is 1. The van der Waals surface area contributed by atoms with Crippen molar-refractivity contribution in [3.8, 4) is 5.88 Å². The molecule has 2 unspecified atom stereocenters. The predicted octanol–water partition coefficient (Wildman–Crippen LogP) is 2.20. The lowest BCUT2D eigenvalue weighted by molar-refractivity contribution is -0.138. The highest BCUT2D eigenvalue weighted by Crippen LogP contribution is 2.23. The summed E-state index contributed by atoms with van der Waals surface area (Å²) in [5.74, 6) is 0.981. The molecule has 0 bridgehead atoms. The summed E-state index contributed by atoms with van der Waals surface area (Å²) in [5.41, 5.74) is 0. The average molecular weight is 287 g/mol. The molecule has 0 aromatic carbocycles. The van der Waals surface area contributed by atoms with Gasteiger partial charge in [0.15, 0.2) is 0 Å². The first-order valence-electron chi connectivity index (χ1n) is 7.69. The summed E-state index contributed by atoms with van der Waals surface area (Å²) in [5, 5.41) is 0. The van der Waals surface area contributed by atoms with Crippen molar-refractivity contribution in [3.63, 3.8) is 0 Å². The smallest absolute Gasteiger partial charge is 0.232 e. The molecule has 112 valence electrons. The SMILES string of the molecule is O=C(C1CC=CCC1)N1CCCC(Oc2cnccn2)C1. The van der Waals surface area contributed by atoms with E-state index in [-0.39, 0.29) is 17.9 Å². The number of hydrogen-bond donors (Lipinski definition) is 0. The molecule has 2 aliphatic rings. The quantitative estimate of drug-likeness (QED) is 0.800. The van der Waals surface area contributed by atoms with Gasteiger partial charge in [-0.05, 0) is 32.1 Å². The highest BCUT2D eigenvalue weighted by Gasteiger charge is 2.29. The molecule has 0 spiro atoms. The first-order chi connectivity index (χ1) is 10.3. The molecule has 21 heavy (non-hydrogen) atoms. The largest absolute Gasteiger partial charge is 0.471 e. The molecule has 0 saturated carbocycles. The van der Waals surface area contributed by atoms with Crippen molar-refractivity contribution in [1.82, 2.24) is 14.9 Å². The fourth-order valence-electron chi connectivity index (χ4n) is 3.03. The lowest BCUT2D eigenvalue weighted by Gasteiger charge is -2.35. The topological polar surface area (TPSA) is 55.3 Å². The van der Waals surface area contributed by atoms with E-state index in [0.29, 0.717) is 12.4 Å². The van der Waals surface area contributed by atoms with Gasteiger partial charge in [0, 0.05) is 24.9 Å². The Bertz CT molecular complexity index is 504. The van der Waals surface area contributed by atoms with Crippen LogP contribution in [-0.2, 0) is 4.79 Å². The molecule has 2 atom stereocenters. The molecule has 1 aliphatic carbocycles. The minimum absolute atomic E-state index is 0.0264. The molecule has 1 amide bonds. The van der Waals surface area contributed by atoms with Gasteiger partial charge < -0.3 is 9.64 Å². The fourth-order valence-corrected chi connectivity index (χ4v) is 3.03. The number of likely N-dealkylation sites (tertiary alicyclic amines) is 1. The van der Waals surface area contributed by atoms with Gasteiger partial charge in [0.1, 0.15) is 6.10 Å². The van der Waals surface area contributed by atoms with E-state index < -0.39 is 0 Å². The third-order valence-corrected chi connectivity index (χ3v) is 4.14. The van der Waals surface area contributed by atoms with E-state index in [9.17, 15) is 4.79 Å². The van der Waals surface area contributed by atoms with Gasteiger partial charge in [-0.1, -0.05) is 12.2 Å². The Morgan fingerprint density at radius 2 is 2.24 bits per heavy atom. The van der Waals surface area contributed by atoms with Gasteiger partial charge in [0.2, 0.25) is 11.8 Å². The van der Waals surface area contributed by atoms with Crippen LogP contribution in [0.25, 0.3) is 0 Å². The Morgan fingerprint density at radius 1 is 1.29 bits per heavy atom. The summed E-state index contributed by atoms with van der Waals surface area (Å²) >= 11 is 0. The molecule has 0 radical (unpaired) electrons. The maximum atomic E-state index is 12.6. The normalized spacial score (nSPS) is 25.6. The van der Waals surface area contributed by atoms with Gasteiger partial charge in [-0.15, -0.1) is 0 Å². The van der Waals surface area contributed by atoms with Gasteiger partial charge in [-0.2, -0.15) is 0 Å². The summed E-state index contributed by atoms with van der Waals surface area (Å²) in [7, 11) is 0. The van der Waals surface area contributed by atoms with Crippen LogP contribution in [0, 0.1) is 5.92 Å². The number of aromatic nitrogens is 2. The Balaban J connectivity index is 1.57. The Morgan fingerprint density at radius 3 is 3.00 bits per heavy atom. The molecular weight excluding hydrogens is 266 g/mol. The van der Waals surface area contributed by atoms with Crippen LogP contribution in [0.2, 0.25) is 0 Å². The molecule has 1 aliphatic heterocycles. The van der Waals surface area contributed by atoms with Crippen molar-refractivity contribution < 1.29 is 9.53 Å². The number of amides is 1. The highest BCUT2D eigenvalue weighted by atomic mass is 16.5. The molecule has 0 N–H and O–H groups in total. The molecule has 1 aromatic heterocycles. The third kappa shape index (κ3) is 3.60. The summed E-state index contributed by atoms with van der Waals surface area (Å²) in [6, 6.07) is 0. The number of piperidine rings is 1. The van der Waals surface area contributed by atoms with Crippen molar-refractivity contribution in [2.45, 2.75) is 38.2 Å². The van der Waals surface area contributed by atoms with E-state index in [1.54, 1.807) is 18.6 Å². The molecule has 1 fully saturated rings. The fraction of sp³-hybridized carbons (Fsp3) is 0.562. The van der Waals surface area contributed by atoms with Crippen molar-refractivity contribution in [2.75, 3.05) is 13.1 Å². The van der Waals surface area contributed by atoms with Crippen LogP contribution in [0.15, 0.2) is 30.7 Å². The molecule has 3 rings (SSSR count). The summed E-state index contributed by atoms with van der Waals surface area (Å²) in [6.45, 7) is 1.51.